The molecule has 0 aliphatic rings. The maximum absolute atomic E-state index is 13.6. The third-order valence-corrected chi connectivity index (χ3v) is 3.03. The highest BCUT2D eigenvalue weighted by Crippen LogP contribution is 2.21. The lowest BCUT2D eigenvalue weighted by molar-refractivity contribution is 0.0985. The van der Waals surface area contributed by atoms with Crippen LogP contribution >= 0.6 is 15.9 Å². The van der Waals surface area contributed by atoms with Gasteiger partial charge in [-0.25, -0.2) is 17.6 Å². The minimum absolute atomic E-state index is 0.00854. The summed E-state index contributed by atoms with van der Waals surface area (Å²) in [4.78, 5) is 11.8. The van der Waals surface area contributed by atoms with Gasteiger partial charge in [0.15, 0.2) is 5.78 Å². The van der Waals surface area contributed by atoms with Gasteiger partial charge in [0, 0.05) is 17.0 Å². The zero-order valence-electron chi connectivity index (χ0n) is 9.89. The van der Waals surface area contributed by atoms with Gasteiger partial charge in [0.05, 0.1) is 5.56 Å². The Morgan fingerprint density at radius 1 is 0.900 bits per heavy atom. The average Bonchev–Trinajstić information content (AvgIpc) is 2.25. The topological polar surface area (TPSA) is 17.1 Å². The van der Waals surface area contributed by atoms with Crippen molar-refractivity contribution in [2.75, 3.05) is 0 Å². The zero-order valence-corrected chi connectivity index (χ0v) is 11.5. The van der Waals surface area contributed by atoms with Gasteiger partial charge in [-0.05, 0) is 29.8 Å². The molecule has 0 heterocycles. The van der Waals surface area contributed by atoms with E-state index in [1.807, 2.05) is 0 Å². The van der Waals surface area contributed by atoms with Crippen molar-refractivity contribution in [3.8, 4) is 0 Å². The Kier molecular flexibility index (Phi) is 4.23. The molecule has 0 radical (unpaired) electrons. The second-order valence-electron chi connectivity index (χ2n) is 4.12. The van der Waals surface area contributed by atoms with Crippen molar-refractivity contribution in [3.05, 3.63) is 69.2 Å². The molecule has 0 bridgehead atoms. The summed E-state index contributed by atoms with van der Waals surface area (Å²) in [5.41, 5.74) is -0.716. The molecule has 2 aromatic carbocycles. The highest BCUT2D eigenvalue weighted by Gasteiger charge is 2.19. The molecule has 0 aliphatic heterocycles. The SMILES string of the molecule is O=C(Cc1cc(F)cc(F)c1)c1c(F)cc(Br)cc1F. The van der Waals surface area contributed by atoms with E-state index in [1.165, 1.54) is 0 Å². The summed E-state index contributed by atoms with van der Waals surface area (Å²) in [5, 5.41) is 0. The molecule has 0 unspecified atom stereocenters. The Morgan fingerprint density at radius 3 is 1.90 bits per heavy atom. The van der Waals surface area contributed by atoms with Crippen LogP contribution in [-0.2, 0) is 6.42 Å². The van der Waals surface area contributed by atoms with Gasteiger partial charge in [-0.3, -0.25) is 4.79 Å². The van der Waals surface area contributed by atoms with Crippen LogP contribution in [0, 0.1) is 23.3 Å². The summed E-state index contributed by atoms with van der Waals surface area (Å²) in [7, 11) is 0. The van der Waals surface area contributed by atoms with E-state index in [-0.39, 0.29) is 10.0 Å². The highest BCUT2D eigenvalue weighted by atomic mass is 79.9. The molecule has 0 fully saturated rings. The summed E-state index contributed by atoms with van der Waals surface area (Å²) >= 11 is 2.89. The predicted molar refractivity (Wildman–Crippen MR) is 68.5 cm³/mol. The van der Waals surface area contributed by atoms with Crippen molar-refractivity contribution in [2.24, 2.45) is 0 Å². The molecule has 0 spiro atoms. The van der Waals surface area contributed by atoms with Crippen molar-refractivity contribution in [2.45, 2.75) is 6.42 Å². The molecule has 0 N–H and O–H groups in total. The van der Waals surface area contributed by atoms with E-state index < -0.39 is 41.0 Å². The fourth-order valence-corrected chi connectivity index (χ4v) is 2.20. The third-order valence-electron chi connectivity index (χ3n) is 2.57. The monoisotopic (exact) mass is 346 g/mol. The van der Waals surface area contributed by atoms with E-state index >= 15 is 0 Å². The summed E-state index contributed by atoms with van der Waals surface area (Å²) in [6.45, 7) is 0. The molecule has 0 amide bonds. The van der Waals surface area contributed by atoms with Gasteiger partial charge in [-0.15, -0.1) is 0 Å². The van der Waals surface area contributed by atoms with Gasteiger partial charge in [-0.1, -0.05) is 15.9 Å². The van der Waals surface area contributed by atoms with Gasteiger partial charge in [0.1, 0.15) is 23.3 Å². The van der Waals surface area contributed by atoms with Crippen LogP contribution in [0.2, 0.25) is 0 Å². The van der Waals surface area contributed by atoms with E-state index in [1.54, 1.807) is 0 Å². The van der Waals surface area contributed by atoms with Crippen molar-refractivity contribution in [1.29, 1.82) is 0 Å². The largest absolute Gasteiger partial charge is 0.294 e. The molecule has 104 valence electrons. The summed E-state index contributed by atoms with van der Waals surface area (Å²) in [6, 6.07) is 4.42. The minimum atomic E-state index is -1.03. The second kappa shape index (κ2) is 5.75. The van der Waals surface area contributed by atoms with Crippen LogP contribution in [0.25, 0.3) is 0 Å². The third kappa shape index (κ3) is 3.25. The van der Waals surface area contributed by atoms with E-state index in [0.717, 1.165) is 24.3 Å². The maximum Gasteiger partial charge on any atom is 0.173 e. The number of carbonyl (C=O) groups excluding carboxylic acids is 1. The van der Waals surface area contributed by atoms with Crippen molar-refractivity contribution < 1.29 is 22.4 Å². The first-order valence-corrected chi connectivity index (χ1v) is 6.29. The summed E-state index contributed by atoms with van der Waals surface area (Å²) in [6.07, 6.45) is -0.496. The number of rotatable bonds is 3. The molecule has 0 saturated carbocycles. The van der Waals surface area contributed by atoms with Crippen LogP contribution in [0.15, 0.2) is 34.8 Å². The molecular formula is C14H7BrF4O. The van der Waals surface area contributed by atoms with Gasteiger partial charge in [-0.2, -0.15) is 0 Å². The molecule has 0 aromatic heterocycles. The molecule has 0 aliphatic carbocycles. The highest BCUT2D eigenvalue weighted by molar-refractivity contribution is 9.10. The molecule has 2 rings (SSSR count). The fraction of sp³-hybridized carbons (Fsp3) is 0.0714. The summed E-state index contributed by atoms with van der Waals surface area (Å²) < 4.78 is 53.3. The zero-order chi connectivity index (χ0) is 14.9. The number of hydrogen-bond donors (Lipinski definition) is 0. The minimum Gasteiger partial charge on any atom is -0.294 e. The van der Waals surface area contributed by atoms with E-state index in [4.69, 9.17) is 0 Å². The predicted octanol–water partition coefficient (Wildman–Crippen LogP) is 4.43. The average molecular weight is 347 g/mol. The lowest BCUT2D eigenvalue weighted by Crippen LogP contribution is -2.09. The van der Waals surface area contributed by atoms with Gasteiger partial charge in [0.2, 0.25) is 0 Å². The standard InChI is InChI=1S/C14H7BrF4O/c15-8-4-11(18)14(12(19)5-8)13(20)3-7-1-9(16)6-10(17)2-7/h1-2,4-6H,3H2. The van der Waals surface area contributed by atoms with Crippen LogP contribution in [0.4, 0.5) is 17.6 Å². The van der Waals surface area contributed by atoms with Crippen LogP contribution in [-0.4, -0.2) is 5.78 Å². The number of carbonyl (C=O) groups is 1. The maximum atomic E-state index is 13.6. The molecule has 6 heteroatoms. The van der Waals surface area contributed by atoms with Crippen LogP contribution in [0.1, 0.15) is 15.9 Å². The van der Waals surface area contributed by atoms with Crippen LogP contribution in [0.3, 0.4) is 0 Å². The lowest BCUT2D eigenvalue weighted by atomic mass is 10.0. The molecule has 2 aromatic rings. The normalized spacial score (nSPS) is 10.7. The Bertz CT molecular complexity index is 642. The first kappa shape index (κ1) is 14.7. The number of Topliss-reactive ketones (excluding diaryl/α,β-unsaturated/α-hetero) is 1. The van der Waals surface area contributed by atoms with Crippen molar-refractivity contribution in [1.82, 2.24) is 0 Å². The lowest BCUT2D eigenvalue weighted by Gasteiger charge is -2.06. The quantitative estimate of drug-likeness (QED) is 0.593. The Labute approximate surface area is 120 Å². The summed E-state index contributed by atoms with van der Waals surface area (Å²) in [5.74, 6) is -4.66. The first-order valence-electron chi connectivity index (χ1n) is 5.49. The Morgan fingerprint density at radius 2 is 1.40 bits per heavy atom. The molecule has 1 nitrogen and oxygen atoms in total. The number of benzene rings is 2. The number of hydrogen-bond acceptors (Lipinski definition) is 1. The molecule has 20 heavy (non-hydrogen) atoms. The van der Waals surface area contributed by atoms with Crippen LogP contribution < -0.4 is 0 Å². The van der Waals surface area contributed by atoms with Gasteiger partial charge >= 0.3 is 0 Å². The first-order chi connectivity index (χ1) is 9.36. The van der Waals surface area contributed by atoms with Crippen molar-refractivity contribution in [3.63, 3.8) is 0 Å². The number of halogens is 5. The van der Waals surface area contributed by atoms with Gasteiger partial charge < -0.3 is 0 Å². The molecular weight excluding hydrogens is 340 g/mol. The van der Waals surface area contributed by atoms with E-state index in [9.17, 15) is 22.4 Å². The van der Waals surface area contributed by atoms with E-state index in [2.05, 4.69) is 15.9 Å². The van der Waals surface area contributed by atoms with Gasteiger partial charge in [0.25, 0.3) is 0 Å². The van der Waals surface area contributed by atoms with Crippen LogP contribution in [0.5, 0.6) is 0 Å². The molecule has 0 saturated heterocycles. The van der Waals surface area contributed by atoms with Crippen molar-refractivity contribution >= 4 is 21.7 Å². The molecule has 0 atom stereocenters. The Hall–Kier alpha value is -1.69. The smallest absolute Gasteiger partial charge is 0.173 e. The second-order valence-corrected chi connectivity index (χ2v) is 5.04. The number of ketones is 1. The van der Waals surface area contributed by atoms with E-state index in [0.29, 0.717) is 6.07 Å². The Balaban J connectivity index is 2.33. The fourth-order valence-electron chi connectivity index (χ4n) is 1.80.